The van der Waals surface area contributed by atoms with Crippen molar-refractivity contribution < 1.29 is 42.1 Å². The second-order valence-corrected chi connectivity index (χ2v) is 17.9. The third kappa shape index (κ3) is 8.83. The van der Waals surface area contributed by atoms with E-state index in [4.69, 9.17) is 0 Å². The first-order valence-electron chi connectivity index (χ1n) is 21.5. The molecular formula is C46H45F2N9O7S. The molecule has 3 aromatic carbocycles. The number of piperazine rings is 1. The van der Waals surface area contributed by atoms with Crippen molar-refractivity contribution >= 4 is 69.3 Å². The molecule has 2 atom stereocenters. The van der Waals surface area contributed by atoms with E-state index in [9.17, 15) is 33.3 Å². The highest BCUT2D eigenvalue weighted by atomic mass is 32.2. The number of fused-ring (bicyclic) bond motifs is 2. The second kappa shape index (κ2) is 18.1. The molecule has 2 saturated heterocycles. The zero-order valence-corrected chi connectivity index (χ0v) is 36.1. The Kier molecular flexibility index (Phi) is 12.2. The number of nitrogens with zero attached hydrogens (tertiary/aromatic N) is 5. The Hall–Kier alpha value is -6.54. The van der Waals surface area contributed by atoms with Gasteiger partial charge in [-0.2, -0.15) is 4.72 Å². The molecule has 2 unspecified atom stereocenters. The minimum absolute atomic E-state index is 0.0212. The van der Waals surface area contributed by atoms with E-state index in [0.717, 1.165) is 41.0 Å². The fraction of sp³-hybridized carbons (Fsp3) is 0.326. The van der Waals surface area contributed by atoms with Gasteiger partial charge in [-0.15, -0.1) is 4.31 Å². The molecule has 0 radical (unpaired) electrons. The number of pyridine rings is 1. The maximum atomic E-state index is 15.7. The maximum Gasteiger partial charge on any atom is 0.264 e. The highest BCUT2D eigenvalue weighted by Gasteiger charge is 2.45. The maximum absolute atomic E-state index is 15.7. The van der Waals surface area contributed by atoms with Crippen molar-refractivity contribution in [3.05, 3.63) is 113 Å². The van der Waals surface area contributed by atoms with E-state index in [2.05, 4.69) is 30.2 Å². The van der Waals surface area contributed by atoms with Crippen molar-refractivity contribution in [2.75, 3.05) is 49.8 Å². The summed E-state index contributed by atoms with van der Waals surface area (Å²) in [5, 5.41) is 5.78. The highest BCUT2D eigenvalue weighted by molar-refractivity contribution is 7.90. The number of H-pyrrole nitrogens is 1. The average molecular weight is 906 g/mol. The van der Waals surface area contributed by atoms with Crippen LogP contribution in [0.15, 0.2) is 73.1 Å². The van der Waals surface area contributed by atoms with Gasteiger partial charge in [0.25, 0.3) is 11.8 Å². The van der Waals surface area contributed by atoms with Gasteiger partial charge in [0, 0.05) is 93.8 Å². The van der Waals surface area contributed by atoms with Crippen LogP contribution in [-0.2, 0) is 32.5 Å². The summed E-state index contributed by atoms with van der Waals surface area (Å²) in [7, 11) is 1.65. The molecule has 1 aliphatic carbocycles. The van der Waals surface area contributed by atoms with Gasteiger partial charge in [0.15, 0.2) is 17.4 Å². The van der Waals surface area contributed by atoms with Crippen molar-refractivity contribution in [1.82, 2.24) is 34.3 Å². The van der Waals surface area contributed by atoms with Gasteiger partial charge in [0.1, 0.15) is 23.2 Å². The lowest BCUT2D eigenvalue weighted by atomic mass is 9.99. The number of benzene rings is 3. The number of anilines is 2. The van der Waals surface area contributed by atoms with Crippen LogP contribution < -0.4 is 15.4 Å². The standard InChI is InChI=1S/C46H45F2N9O7S/c1-54(29-11-12-29)65(64)53-35-14-13-33(47)40(41(35)48)42(60)32-24-51-43-31(32)22-28(23-50-43)27-9-7-26(8-10-27)25-55-18-20-56(21-19-55)38(59)6-3-17-49-34-5-2-4-30-39(34)46(63)57(45(30)62)36-15-16-37(58)52-44(36)61/h2,4-5,7-10,13-14,22-24,29,36,49,53H,3,6,11-12,15-21,25H2,1H3,(H,50,51)(H,52,58,61). The van der Waals surface area contributed by atoms with Crippen LogP contribution in [0.1, 0.15) is 80.7 Å². The number of rotatable bonds is 15. The molecule has 3 aliphatic heterocycles. The van der Waals surface area contributed by atoms with E-state index in [1.54, 1.807) is 35.7 Å². The Labute approximate surface area is 375 Å². The zero-order valence-electron chi connectivity index (χ0n) is 35.3. The highest BCUT2D eigenvalue weighted by Crippen LogP contribution is 2.34. The third-order valence-electron chi connectivity index (χ3n) is 12.4. The molecule has 2 aromatic heterocycles. The Morgan fingerprint density at radius 3 is 2.45 bits per heavy atom. The molecule has 5 aromatic rings. The summed E-state index contributed by atoms with van der Waals surface area (Å²) in [6, 6.07) is 15.7. The lowest BCUT2D eigenvalue weighted by molar-refractivity contribution is -0.136. The van der Waals surface area contributed by atoms with Crippen molar-refractivity contribution in [3.8, 4) is 11.1 Å². The van der Waals surface area contributed by atoms with Gasteiger partial charge >= 0.3 is 0 Å². The minimum Gasteiger partial charge on any atom is -0.573 e. The van der Waals surface area contributed by atoms with Gasteiger partial charge in [0.2, 0.25) is 23.5 Å². The average Bonchev–Trinajstić information content (AvgIpc) is 4.02. The van der Waals surface area contributed by atoms with Crippen LogP contribution in [0.2, 0.25) is 0 Å². The number of carbonyl (C=O) groups is 6. The molecule has 16 nitrogen and oxygen atoms in total. The van der Waals surface area contributed by atoms with E-state index < -0.39 is 64.2 Å². The van der Waals surface area contributed by atoms with Gasteiger partial charge in [-0.3, -0.25) is 43.9 Å². The molecule has 3 fully saturated rings. The SMILES string of the molecule is CN(C1CC1)[S+]([O-])Nc1ccc(F)c(C(=O)c2c[nH]c3ncc(-c4ccc(CN5CCN(C(=O)CCCNc6cccc7c6C(=O)N(C6CCC(=O)NC6=O)C7=O)CC5)cc4)cc23)c1F. The molecule has 1 saturated carbocycles. The Morgan fingerprint density at radius 1 is 0.938 bits per heavy atom. The summed E-state index contributed by atoms with van der Waals surface area (Å²) in [5.74, 6) is -5.31. The molecule has 0 bridgehead atoms. The van der Waals surface area contributed by atoms with Crippen LogP contribution in [0, 0.1) is 11.6 Å². The van der Waals surface area contributed by atoms with Gasteiger partial charge in [-0.25, -0.2) is 13.8 Å². The zero-order chi connectivity index (χ0) is 45.5. The van der Waals surface area contributed by atoms with Crippen molar-refractivity contribution in [2.45, 2.75) is 57.2 Å². The van der Waals surface area contributed by atoms with Crippen molar-refractivity contribution in [1.29, 1.82) is 0 Å². The minimum atomic E-state index is -1.77. The van der Waals surface area contributed by atoms with Crippen LogP contribution in [0.25, 0.3) is 22.2 Å². The number of hydrogen-bond acceptors (Lipinski definition) is 12. The van der Waals surface area contributed by atoms with Gasteiger partial charge in [0.05, 0.1) is 22.7 Å². The number of carbonyl (C=O) groups excluding carboxylic acids is 6. The van der Waals surface area contributed by atoms with Crippen LogP contribution in [0.4, 0.5) is 20.2 Å². The predicted molar refractivity (Wildman–Crippen MR) is 237 cm³/mol. The Balaban J connectivity index is 0.760. The third-order valence-corrected chi connectivity index (χ3v) is 13.6. The number of nitrogens with one attached hydrogen (secondary N) is 4. The van der Waals surface area contributed by atoms with Gasteiger partial charge in [-0.05, 0) is 67.1 Å². The molecular weight excluding hydrogens is 861 g/mol. The number of imide groups is 2. The fourth-order valence-corrected chi connectivity index (χ4v) is 9.53. The first-order chi connectivity index (χ1) is 31.4. The lowest BCUT2D eigenvalue weighted by Crippen LogP contribution is -2.54. The fourth-order valence-electron chi connectivity index (χ4n) is 8.56. The summed E-state index contributed by atoms with van der Waals surface area (Å²) in [4.78, 5) is 89.9. The Bertz CT molecular complexity index is 2740. The molecule has 4 aliphatic rings. The lowest BCUT2D eigenvalue weighted by Gasteiger charge is -2.35. The van der Waals surface area contributed by atoms with Crippen LogP contribution in [0.5, 0.6) is 0 Å². The normalized spacial score (nSPS) is 18.3. The molecule has 336 valence electrons. The molecule has 5 heterocycles. The van der Waals surface area contributed by atoms with E-state index in [-0.39, 0.29) is 53.6 Å². The van der Waals surface area contributed by atoms with Gasteiger partial charge < -0.3 is 19.8 Å². The monoisotopic (exact) mass is 905 g/mol. The van der Waals surface area contributed by atoms with Crippen LogP contribution in [0.3, 0.4) is 0 Å². The van der Waals surface area contributed by atoms with Crippen LogP contribution >= 0.6 is 0 Å². The topological polar surface area (TPSA) is 203 Å². The quantitative estimate of drug-likeness (QED) is 0.0487. The molecule has 65 heavy (non-hydrogen) atoms. The Morgan fingerprint density at radius 2 is 1.71 bits per heavy atom. The van der Waals surface area contributed by atoms with E-state index in [1.807, 2.05) is 29.2 Å². The number of piperidine rings is 1. The van der Waals surface area contributed by atoms with Crippen LogP contribution in [-0.4, -0.2) is 121 Å². The number of ketones is 1. The predicted octanol–water partition coefficient (Wildman–Crippen LogP) is 4.76. The molecule has 0 spiro atoms. The summed E-state index contributed by atoms with van der Waals surface area (Å²) >= 11 is -1.77. The number of aromatic nitrogens is 2. The van der Waals surface area contributed by atoms with E-state index in [1.165, 1.54) is 12.3 Å². The molecule has 4 N–H and O–H groups in total. The van der Waals surface area contributed by atoms with E-state index >= 15 is 8.78 Å². The van der Waals surface area contributed by atoms with Crippen molar-refractivity contribution in [3.63, 3.8) is 0 Å². The smallest absolute Gasteiger partial charge is 0.264 e. The van der Waals surface area contributed by atoms with Crippen molar-refractivity contribution in [2.24, 2.45) is 0 Å². The molecule has 19 heteroatoms. The number of aromatic amines is 1. The number of hydrogen-bond donors (Lipinski definition) is 4. The van der Waals surface area contributed by atoms with Gasteiger partial charge in [-0.1, -0.05) is 30.3 Å². The second-order valence-electron chi connectivity index (χ2n) is 16.6. The van der Waals surface area contributed by atoms with E-state index in [0.29, 0.717) is 68.0 Å². The summed E-state index contributed by atoms with van der Waals surface area (Å²) in [5.41, 5.74) is 2.80. The first kappa shape index (κ1) is 43.7. The summed E-state index contributed by atoms with van der Waals surface area (Å²) in [6.07, 6.45) is 5.67. The summed E-state index contributed by atoms with van der Waals surface area (Å²) < 4.78 is 47.6. The molecule has 9 rings (SSSR count). The number of halogens is 2. The largest absolute Gasteiger partial charge is 0.573 e. The molecule has 5 amide bonds. The first-order valence-corrected chi connectivity index (χ1v) is 22.6. The number of amides is 5. The summed E-state index contributed by atoms with van der Waals surface area (Å²) in [6.45, 7) is 3.54.